The molecule has 0 saturated carbocycles. The van der Waals surface area contributed by atoms with E-state index in [-0.39, 0.29) is 6.61 Å². The summed E-state index contributed by atoms with van der Waals surface area (Å²) in [5.74, 6) is 1.71. The smallest absolute Gasteiger partial charge is 0.187 e. The first-order valence-electron chi connectivity index (χ1n) is 17.1. The summed E-state index contributed by atoms with van der Waals surface area (Å²) in [6.07, 6.45) is 7.12. The quantitative estimate of drug-likeness (QED) is 0.0717. The molecule has 44 heavy (non-hydrogen) atoms. The Kier molecular flexibility index (Phi) is 22.0. The normalized spacial score (nSPS) is 32.7. The second-order valence-electron chi connectivity index (χ2n) is 12.3. The lowest BCUT2D eigenvalue weighted by Gasteiger charge is -2.45. The molecule has 2 heterocycles. The lowest BCUT2D eigenvalue weighted by atomic mass is 9.97. The number of aliphatic hydroxyl groups is 7. The van der Waals surface area contributed by atoms with E-state index in [1.807, 2.05) is 0 Å². The van der Waals surface area contributed by atoms with Crippen LogP contribution in [0.3, 0.4) is 0 Å². The van der Waals surface area contributed by atoms with Gasteiger partial charge in [-0.15, -0.1) is 0 Å². The first-order chi connectivity index (χ1) is 21.3. The average molecular weight is 655 g/mol. The van der Waals surface area contributed by atoms with Gasteiger partial charge in [-0.2, -0.15) is 11.8 Å². The van der Waals surface area contributed by atoms with Crippen LogP contribution in [0.15, 0.2) is 0 Å². The van der Waals surface area contributed by atoms with Crippen LogP contribution in [-0.2, 0) is 18.9 Å². The summed E-state index contributed by atoms with van der Waals surface area (Å²) in [5.41, 5.74) is 0. The van der Waals surface area contributed by atoms with Crippen molar-refractivity contribution in [2.75, 3.05) is 31.3 Å². The number of hydrogen-bond donors (Lipinski definition) is 7. The molecule has 0 spiro atoms. The molecule has 0 aromatic heterocycles. The highest BCUT2D eigenvalue weighted by molar-refractivity contribution is 7.99. The van der Waals surface area contributed by atoms with Crippen LogP contribution in [0.4, 0.5) is 0 Å². The zero-order valence-corrected chi connectivity index (χ0v) is 27.6. The number of unbranched alkanes of at least 4 members (excludes halogenated alkanes) is 15. The first-order valence-corrected chi connectivity index (χ1v) is 18.3. The van der Waals surface area contributed by atoms with E-state index in [9.17, 15) is 35.7 Å². The third-order valence-corrected chi connectivity index (χ3v) is 9.65. The highest BCUT2D eigenvalue weighted by Crippen LogP contribution is 2.29. The van der Waals surface area contributed by atoms with E-state index in [0.717, 1.165) is 12.2 Å². The van der Waals surface area contributed by atoms with Crippen LogP contribution in [0.25, 0.3) is 0 Å². The Morgan fingerprint density at radius 2 is 1.00 bits per heavy atom. The molecule has 7 N–H and O–H groups in total. The minimum absolute atomic E-state index is 0.286. The summed E-state index contributed by atoms with van der Waals surface area (Å²) in [6, 6.07) is 0. The Morgan fingerprint density at radius 3 is 1.52 bits per heavy atom. The third-order valence-electron chi connectivity index (χ3n) is 8.61. The maximum atomic E-state index is 10.7. The number of hydrogen-bond acceptors (Lipinski definition) is 12. The second kappa shape index (κ2) is 24.1. The molecule has 2 rings (SSSR count). The molecular formula is C32H62O11S. The fraction of sp³-hybridized carbons (Fsp3) is 1.00. The van der Waals surface area contributed by atoms with Crippen LogP contribution >= 0.6 is 11.8 Å². The topological polar surface area (TPSA) is 179 Å². The van der Waals surface area contributed by atoms with Crippen LogP contribution in [0.1, 0.15) is 110 Å². The Balaban J connectivity index is 1.49. The minimum atomic E-state index is -1.70. The van der Waals surface area contributed by atoms with E-state index in [4.69, 9.17) is 18.9 Å². The van der Waals surface area contributed by atoms with Crippen molar-refractivity contribution in [1.29, 1.82) is 0 Å². The number of rotatable bonds is 25. The molecule has 12 heteroatoms. The Bertz CT molecular complexity index is 689. The van der Waals surface area contributed by atoms with Crippen LogP contribution in [0.5, 0.6) is 0 Å². The molecule has 2 aliphatic heterocycles. The number of thioether (sulfide) groups is 1. The van der Waals surface area contributed by atoms with Crippen molar-refractivity contribution in [2.45, 2.75) is 171 Å². The number of aliphatic hydroxyl groups excluding tert-OH is 7. The van der Waals surface area contributed by atoms with Gasteiger partial charge in [0.15, 0.2) is 12.6 Å². The van der Waals surface area contributed by atoms with Gasteiger partial charge in [0.05, 0.1) is 19.8 Å². The molecule has 10 atom stereocenters. The van der Waals surface area contributed by atoms with Gasteiger partial charge >= 0.3 is 0 Å². The maximum Gasteiger partial charge on any atom is 0.187 e. The summed E-state index contributed by atoms with van der Waals surface area (Å²) >= 11 is 1.76. The van der Waals surface area contributed by atoms with E-state index in [1.54, 1.807) is 11.8 Å². The Morgan fingerprint density at radius 1 is 0.523 bits per heavy atom. The van der Waals surface area contributed by atoms with Crippen LogP contribution in [-0.4, -0.2) is 128 Å². The summed E-state index contributed by atoms with van der Waals surface area (Å²) in [7, 11) is 0. The third kappa shape index (κ3) is 14.4. The summed E-state index contributed by atoms with van der Waals surface area (Å²) < 4.78 is 22.2. The summed E-state index contributed by atoms with van der Waals surface area (Å²) in [5, 5.41) is 70.6. The SMILES string of the molecule is CCCCCCCCCCCCCCCCCCSCCO[C@@H]1O[C@H](CO)[C@@H](O[C@H]2O[C@H](CO)[C@H](O)[C@H](O)[C@H]2O)[C@H](O)[C@H]1O. The van der Waals surface area contributed by atoms with E-state index in [1.165, 1.54) is 96.3 Å². The van der Waals surface area contributed by atoms with E-state index < -0.39 is 74.6 Å². The molecule has 0 radical (unpaired) electrons. The lowest BCUT2D eigenvalue weighted by molar-refractivity contribution is -0.359. The molecule has 0 aliphatic carbocycles. The van der Waals surface area contributed by atoms with Gasteiger partial charge in [0.25, 0.3) is 0 Å². The van der Waals surface area contributed by atoms with Gasteiger partial charge in [-0.25, -0.2) is 0 Å². The molecule has 0 aromatic rings. The molecule has 2 fully saturated rings. The van der Waals surface area contributed by atoms with Gasteiger partial charge in [0.2, 0.25) is 0 Å². The van der Waals surface area contributed by atoms with E-state index in [2.05, 4.69) is 6.92 Å². The van der Waals surface area contributed by atoms with Crippen molar-refractivity contribution < 1.29 is 54.7 Å². The van der Waals surface area contributed by atoms with Gasteiger partial charge in [-0.1, -0.05) is 103 Å². The van der Waals surface area contributed by atoms with Crippen molar-refractivity contribution in [1.82, 2.24) is 0 Å². The highest BCUT2D eigenvalue weighted by Gasteiger charge is 2.50. The van der Waals surface area contributed by atoms with Gasteiger partial charge in [-0.05, 0) is 12.2 Å². The molecule has 2 saturated heterocycles. The monoisotopic (exact) mass is 654 g/mol. The first kappa shape index (κ1) is 40.1. The fourth-order valence-electron chi connectivity index (χ4n) is 5.77. The van der Waals surface area contributed by atoms with Gasteiger partial charge in [0, 0.05) is 5.75 Å². The zero-order valence-electron chi connectivity index (χ0n) is 26.8. The number of ether oxygens (including phenoxy) is 4. The van der Waals surface area contributed by atoms with E-state index >= 15 is 0 Å². The zero-order chi connectivity index (χ0) is 32.2. The van der Waals surface area contributed by atoms with Crippen molar-refractivity contribution in [2.24, 2.45) is 0 Å². The predicted molar refractivity (Wildman–Crippen MR) is 169 cm³/mol. The average Bonchev–Trinajstić information content (AvgIpc) is 3.03. The molecule has 262 valence electrons. The molecular weight excluding hydrogens is 592 g/mol. The molecule has 0 amide bonds. The molecule has 2 aliphatic rings. The van der Waals surface area contributed by atoms with Gasteiger partial charge in [-0.3, -0.25) is 0 Å². The van der Waals surface area contributed by atoms with Gasteiger partial charge < -0.3 is 54.7 Å². The highest BCUT2D eigenvalue weighted by atomic mass is 32.2. The molecule has 0 aromatic carbocycles. The lowest BCUT2D eigenvalue weighted by Crippen LogP contribution is -2.64. The molecule has 0 bridgehead atoms. The van der Waals surface area contributed by atoms with Crippen LogP contribution in [0, 0.1) is 0 Å². The summed E-state index contributed by atoms with van der Waals surface area (Å²) in [4.78, 5) is 0. The molecule has 0 unspecified atom stereocenters. The van der Waals surface area contributed by atoms with Crippen LogP contribution in [0.2, 0.25) is 0 Å². The Labute approximate surface area is 268 Å². The van der Waals surface area contributed by atoms with Crippen molar-refractivity contribution >= 4 is 11.8 Å². The standard InChI is InChI=1S/C32H62O11S/c1-2-3-4-5-6-7-8-9-10-11-12-13-14-15-16-17-19-44-20-18-40-31-29(39)27(37)30(24(22-34)42-31)43-32-28(38)26(36)25(35)23(21-33)41-32/h23-39H,2-22H2,1H3/t23-,24-,25+,26+,27-,28-,29-,30-,31-,32-/m1/s1. The van der Waals surface area contributed by atoms with Crippen LogP contribution < -0.4 is 0 Å². The maximum absolute atomic E-state index is 10.7. The van der Waals surface area contributed by atoms with E-state index in [0.29, 0.717) is 5.75 Å². The largest absolute Gasteiger partial charge is 0.394 e. The fourth-order valence-corrected chi connectivity index (χ4v) is 6.60. The van der Waals surface area contributed by atoms with Crippen molar-refractivity contribution in [3.63, 3.8) is 0 Å². The van der Waals surface area contributed by atoms with Crippen molar-refractivity contribution in [3.8, 4) is 0 Å². The minimum Gasteiger partial charge on any atom is -0.394 e. The van der Waals surface area contributed by atoms with Gasteiger partial charge in [0.1, 0.15) is 48.8 Å². The Hall–Kier alpha value is -0.0900. The predicted octanol–water partition coefficient (Wildman–Crippen LogP) is 2.62. The second-order valence-corrected chi connectivity index (χ2v) is 13.5. The molecule has 11 nitrogen and oxygen atoms in total. The summed E-state index contributed by atoms with van der Waals surface area (Å²) in [6.45, 7) is 1.32. The van der Waals surface area contributed by atoms with Crippen molar-refractivity contribution in [3.05, 3.63) is 0 Å².